The molecule has 1 unspecified atom stereocenters. The molecule has 2 aromatic heterocycles. The minimum Gasteiger partial charge on any atom is -0.476 e. The summed E-state index contributed by atoms with van der Waals surface area (Å²) in [4.78, 5) is 35.0. The normalized spacial score (nSPS) is 16.2. The Hall–Kier alpha value is -3.60. The molecular weight excluding hydrogens is 404 g/mol. The van der Waals surface area contributed by atoms with E-state index in [1.54, 1.807) is 18.5 Å². The van der Waals surface area contributed by atoms with Gasteiger partial charge in [0.2, 0.25) is 17.7 Å². The van der Waals surface area contributed by atoms with Crippen LogP contribution >= 0.6 is 0 Å². The van der Waals surface area contributed by atoms with Crippen LogP contribution in [0, 0.1) is 10.1 Å². The van der Waals surface area contributed by atoms with E-state index >= 15 is 0 Å². The molecule has 1 amide bonds. The average molecular weight is 426 g/mol. The number of anilines is 1. The molecule has 1 aliphatic heterocycles. The quantitative estimate of drug-likeness (QED) is 0.450. The zero-order chi connectivity index (χ0) is 21.8. The van der Waals surface area contributed by atoms with E-state index in [1.807, 2.05) is 4.57 Å². The Morgan fingerprint density at radius 2 is 2.13 bits per heavy atom. The maximum absolute atomic E-state index is 11.5. The van der Waals surface area contributed by atoms with Gasteiger partial charge in [-0.3, -0.25) is 24.8 Å². The van der Waals surface area contributed by atoms with Crippen LogP contribution in [0.3, 0.4) is 0 Å². The number of amides is 1. The predicted octanol–water partition coefficient (Wildman–Crippen LogP) is 3.01. The van der Waals surface area contributed by atoms with E-state index in [1.165, 1.54) is 19.1 Å². The molecule has 1 fully saturated rings. The molecule has 11 nitrogen and oxygen atoms in total. The largest absolute Gasteiger partial charge is 0.476 e. The molecule has 3 heterocycles. The number of fused-ring (bicyclic) bond motifs is 1. The topological polar surface area (TPSA) is 134 Å². The highest BCUT2D eigenvalue weighted by atomic mass is 16.6. The van der Waals surface area contributed by atoms with Gasteiger partial charge in [-0.15, -0.1) is 0 Å². The van der Waals surface area contributed by atoms with Crippen molar-refractivity contribution >= 4 is 28.7 Å². The number of imidazole rings is 1. The van der Waals surface area contributed by atoms with Gasteiger partial charge in [0.1, 0.15) is 6.23 Å². The zero-order valence-corrected chi connectivity index (χ0v) is 17.0. The highest BCUT2D eigenvalue weighted by molar-refractivity contribution is 5.88. The van der Waals surface area contributed by atoms with Crippen molar-refractivity contribution in [1.82, 2.24) is 19.5 Å². The first-order chi connectivity index (χ1) is 15.0. The van der Waals surface area contributed by atoms with Crippen LogP contribution in [0.1, 0.15) is 38.0 Å². The molecule has 1 saturated heterocycles. The van der Waals surface area contributed by atoms with Crippen molar-refractivity contribution in [3.8, 4) is 5.88 Å². The molecule has 0 radical (unpaired) electrons. The van der Waals surface area contributed by atoms with E-state index in [4.69, 9.17) is 9.47 Å². The number of nitrogens with zero attached hydrogens (tertiary/aromatic N) is 5. The molecule has 0 saturated carbocycles. The molecule has 31 heavy (non-hydrogen) atoms. The van der Waals surface area contributed by atoms with E-state index in [2.05, 4.69) is 20.3 Å². The maximum Gasteiger partial charge on any atom is 0.269 e. The van der Waals surface area contributed by atoms with Crippen LogP contribution in [0.25, 0.3) is 11.2 Å². The first-order valence-electron chi connectivity index (χ1n) is 10.0. The number of rotatable bonds is 7. The van der Waals surface area contributed by atoms with Gasteiger partial charge in [-0.1, -0.05) is 12.1 Å². The number of nitro groups is 1. The van der Waals surface area contributed by atoms with Crippen molar-refractivity contribution in [1.29, 1.82) is 0 Å². The summed E-state index contributed by atoms with van der Waals surface area (Å²) in [7, 11) is 0. The molecule has 4 rings (SSSR count). The lowest BCUT2D eigenvalue weighted by molar-refractivity contribution is -0.384. The van der Waals surface area contributed by atoms with Crippen molar-refractivity contribution in [3.05, 3.63) is 46.3 Å². The maximum atomic E-state index is 11.5. The number of ether oxygens (including phenoxy) is 2. The molecule has 1 atom stereocenters. The number of carbonyl (C=O) groups excluding carboxylic acids is 1. The van der Waals surface area contributed by atoms with Crippen LogP contribution < -0.4 is 10.1 Å². The third kappa shape index (κ3) is 4.77. The van der Waals surface area contributed by atoms with Crippen LogP contribution in [0.4, 0.5) is 11.6 Å². The van der Waals surface area contributed by atoms with Crippen molar-refractivity contribution in [3.63, 3.8) is 0 Å². The molecule has 0 spiro atoms. The minimum absolute atomic E-state index is 0.0394. The Bertz CT molecular complexity index is 1090. The van der Waals surface area contributed by atoms with Crippen molar-refractivity contribution in [2.24, 2.45) is 0 Å². The molecule has 3 aromatic rings. The van der Waals surface area contributed by atoms with Gasteiger partial charge in [-0.2, -0.15) is 9.97 Å². The Kier molecular flexibility index (Phi) is 6.03. The Balaban J connectivity index is 1.55. The van der Waals surface area contributed by atoms with Gasteiger partial charge in [0.05, 0.1) is 17.9 Å². The lowest BCUT2D eigenvalue weighted by Gasteiger charge is -2.23. The highest BCUT2D eigenvalue weighted by Crippen LogP contribution is 2.29. The van der Waals surface area contributed by atoms with Gasteiger partial charge in [0, 0.05) is 32.1 Å². The monoisotopic (exact) mass is 426 g/mol. The predicted molar refractivity (Wildman–Crippen MR) is 111 cm³/mol. The van der Waals surface area contributed by atoms with E-state index in [9.17, 15) is 14.9 Å². The van der Waals surface area contributed by atoms with Gasteiger partial charge in [-0.25, -0.2) is 4.98 Å². The fourth-order valence-corrected chi connectivity index (χ4v) is 3.41. The zero-order valence-electron chi connectivity index (χ0n) is 17.0. The van der Waals surface area contributed by atoms with Crippen LogP contribution in [0.15, 0.2) is 30.6 Å². The summed E-state index contributed by atoms with van der Waals surface area (Å²) >= 11 is 0. The summed E-state index contributed by atoms with van der Waals surface area (Å²) in [6.07, 6.45) is 4.91. The highest BCUT2D eigenvalue weighted by Gasteiger charge is 2.22. The van der Waals surface area contributed by atoms with Crippen LogP contribution in [-0.4, -0.2) is 43.6 Å². The number of hydrogen-bond acceptors (Lipinski definition) is 8. The number of benzene rings is 1. The first-order valence-corrected chi connectivity index (χ1v) is 10.0. The standard InChI is InChI=1S/C20H22N6O5/c1-13(27)22-20-23-18-17(21-12-25(18)16-4-2-3-10-30-16)19(24-20)31-11-9-14-5-7-15(8-6-14)26(28)29/h5-8,12,16H,2-4,9-11H2,1H3,(H,22,23,24,27). The summed E-state index contributed by atoms with van der Waals surface area (Å²) in [5.74, 6) is 0.0873. The number of carbonyl (C=O) groups is 1. The van der Waals surface area contributed by atoms with Crippen molar-refractivity contribution < 1.29 is 19.2 Å². The van der Waals surface area contributed by atoms with Gasteiger partial charge >= 0.3 is 0 Å². The van der Waals surface area contributed by atoms with E-state index < -0.39 is 4.92 Å². The molecule has 11 heteroatoms. The SMILES string of the molecule is CC(=O)Nc1nc(OCCc2ccc([N+](=O)[O-])cc2)c2ncn(C3CCCCO3)c2n1. The number of nitrogens with one attached hydrogen (secondary N) is 1. The lowest BCUT2D eigenvalue weighted by atomic mass is 10.1. The van der Waals surface area contributed by atoms with Crippen LogP contribution in [-0.2, 0) is 16.0 Å². The summed E-state index contributed by atoms with van der Waals surface area (Å²) in [5.41, 5.74) is 1.93. The van der Waals surface area contributed by atoms with Gasteiger partial charge < -0.3 is 9.47 Å². The molecule has 1 aromatic carbocycles. The Morgan fingerprint density at radius 1 is 1.32 bits per heavy atom. The van der Waals surface area contributed by atoms with E-state index in [0.717, 1.165) is 24.8 Å². The van der Waals surface area contributed by atoms with E-state index in [0.29, 0.717) is 24.2 Å². The third-order valence-electron chi connectivity index (χ3n) is 4.92. The number of nitro benzene ring substituents is 1. The Morgan fingerprint density at radius 3 is 2.81 bits per heavy atom. The second kappa shape index (κ2) is 9.04. The molecule has 162 valence electrons. The van der Waals surface area contributed by atoms with E-state index in [-0.39, 0.29) is 36.3 Å². The molecular formula is C20H22N6O5. The number of non-ortho nitro benzene ring substituents is 1. The van der Waals surface area contributed by atoms with Gasteiger partial charge in [0.25, 0.3) is 5.69 Å². The van der Waals surface area contributed by atoms with Crippen LogP contribution in [0.2, 0.25) is 0 Å². The minimum atomic E-state index is -0.437. The fraction of sp³-hybridized carbons (Fsp3) is 0.400. The van der Waals surface area contributed by atoms with Crippen LogP contribution in [0.5, 0.6) is 5.88 Å². The number of hydrogen-bond donors (Lipinski definition) is 1. The fourth-order valence-electron chi connectivity index (χ4n) is 3.41. The van der Waals surface area contributed by atoms with Gasteiger partial charge in [0.15, 0.2) is 11.2 Å². The second-order valence-electron chi connectivity index (χ2n) is 7.20. The summed E-state index contributed by atoms with van der Waals surface area (Å²) in [5, 5.41) is 13.4. The smallest absolute Gasteiger partial charge is 0.269 e. The molecule has 1 aliphatic rings. The Labute approximate surface area is 177 Å². The first kappa shape index (κ1) is 20.7. The van der Waals surface area contributed by atoms with Crippen molar-refractivity contribution in [2.45, 2.75) is 38.8 Å². The molecule has 0 bridgehead atoms. The third-order valence-corrected chi connectivity index (χ3v) is 4.92. The molecule has 1 N–H and O–H groups in total. The number of aromatic nitrogens is 4. The summed E-state index contributed by atoms with van der Waals surface area (Å²) < 4.78 is 13.6. The molecule has 0 aliphatic carbocycles. The summed E-state index contributed by atoms with van der Waals surface area (Å²) in [6.45, 7) is 2.33. The average Bonchev–Trinajstić information content (AvgIpc) is 3.18. The second-order valence-corrected chi connectivity index (χ2v) is 7.20. The van der Waals surface area contributed by atoms with Gasteiger partial charge in [-0.05, 0) is 24.8 Å². The lowest BCUT2D eigenvalue weighted by Crippen LogP contribution is -2.18. The summed E-state index contributed by atoms with van der Waals surface area (Å²) in [6, 6.07) is 6.29. The van der Waals surface area contributed by atoms with Crippen molar-refractivity contribution in [2.75, 3.05) is 18.5 Å².